The molecule has 10 heteroatoms. The first-order chi connectivity index (χ1) is 16.0. The van der Waals surface area contributed by atoms with Gasteiger partial charge in [0.15, 0.2) is 11.5 Å². The topological polar surface area (TPSA) is 118 Å². The van der Waals surface area contributed by atoms with Gasteiger partial charge in [0.25, 0.3) is 0 Å². The lowest BCUT2D eigenvalue weighted by molar-refractivity contribution is 0.100. The van der Waals surface area contributed by atoms with Crippen molar-refractivity contribution in [3.63, 3.8) is 0 Å². The first-order valence-corrected chi connectivity index (χ1v) is 10.3. The molecule has 1 amide bonds. The Morgan fingerprint density at radius 3 is 2.76 bits per heavy atom. The average Bonchev–Trinajstić information content (AvgIpc) is 3.24. The second-order valence-electron chi connectivity index (χ2n) is 7.14. The summed E-state index contributed by atoms with van der Waals surface area (Å²) in [6.45, 7) is 0.143. The number of fused-ring (bicyclic) bond motifs is 2. The number of nitrogens with two attached hydrogens (primary N) is 1. The van der Waals surface area contributed by atoms with Gasteiger partial charge in [-0.2, -0.15) is 9.61 Å². The highest BCUT2D eigenvalue weighted by atomic mass is 35.5. The fourth-order valence-electron chi connectivity index (χ4n) is 3.45. The summed E-state index contributed by atoms with van der Waals surface area (Å²) in [5.74, 6) is 1.31. The van der Waals surface area contributed by atoms with Gasteiger partial charge in [0, 0.05) is 23.2 Å². The molecule has 33 heavy (non-hydrogen) atoms. The zero-order valence-corrected chi connectivity index (χ0v) is 18.2. The van der Waals surface area contributed by atoms with E-state index < -0.39 is 5.91 Å². The minimum absolute atomic E-state index is 0.143. The lowest BCUT2D eigenvalue weighted by atomic mass is 10.1. The number of pyridine rings is 1. The van der Waals surface area contributed by atoms with E-state index in [4.69, 9.17) is 26.8 Å². The van der Waals surface area contributed by atoms with Crippen molar-refractivity contribution < 1.29 is 14.3 Å². The molecule has 0 unspecified atom stereocenters. The molecule has 0 fully saturated rings. The van der Waals surface area contributed by atoms with Crippen molar-refractivity contribution in [3.8, 4) is 22.8 Å². The number of methoxy groups -OCH3 is 1. The summed E-state index contributed by atoms with van der Waals surface area (Å²) in [5.41, 5.74) is 8.26. The van der Waals surface area contributed by atoms with Crippen LogP contribution in [0.2, 0.25) is 5.02 Å². The number of ether oxygens (including phenoxy) is 2. The third-order valence-electron chi connectivity index (χ3n) is 5.12. The van der Waals surface area contributed by atoms with Gasteiger partial charge in [-0.15, -0.1) is 10.2 Å². The van der Waals surface area contributed by atoms with Crippen molar-refractivity contribution in [3.05, 3.63) is 77.2 Å². The summed E-state index contributed by atoms with van der Waals surface area (Å²) in [6, 6.07) is 15.9. The number of hydrogen-bond acceptors (Lipinski definition) is 7. The first kappa shape index (κ1) is 20.7. The van der Waals surface area contributed by atoms with Crippen LogP contribution in [0.4, 0.5) is 0 Å². The Bertz CT molecular complexity index is 1520. The molecule has 0 bridgehead atoms. The van der Waals surface area contributed by atoms with E-state index in [1.165, 1.54) is 0 Å². The zero-order valence-electron chi connectivity index (χ0n) is 17.4. The van der Waals surface area contributed by atoms with Crippen molar-refractivity contribution >= 4 is 34.1 Å². The second kappa shape index (κ2) is 8.36. The standard InChI is InChI=1S/C23H17ClN6O3/c1-32-14-3-5-16-19(11-14)26-9-8-20(16)33-12-22-28-27-21-7-6-18(29-30(21)22)13-2-4-15(23(25)31)17(24)10-13/h2-11H,12H2,1H3,(H2,25,31). The Labute approximate surface area is 192 Å². The minimum Gasteiger partial charge on any atom is -0.497 e. The summed E-state index contributed by atoms with van der Waals surface area (Å²) in [4.78, 5) is 15.8. The maximum Gasteiger partial charge on any atom is 0.250 e. The summed E-state index contributed by atoms with van der Waals surface area (Å²) >= 11 is 6.19. The van der Waals surface area contributed by atoms with E-state index in [2.05, 4.69) is 20.3 Å². The van der Waals surface area contributed by atoms with E-state index in [0.29, 0.717) is 22.9 Å². The lowest BCUT2D eigenvalue weighted by Crippen LogP contribution is -2.11. The molecule has 164 valence electrons. The Hall–Kier alpha value is -4.24. The molecule has 2 N–H and O–H groups in total. The number of rotatable bonds is 6. The van der Waals surface area contributed by atoms with E-state index in [-0.39, 0.29) is 17.2 Å². The van der Waals surface area contributed by atoms with E-state index in [0.717, 1.165) is 22.2 Å². The number of hydrogen-bond donors (Lipinski definition) is 1. The number of amides is 1. The Balaban J connectivity index is 1.45. The number of aromatic nitrogens is 5. The van der Waals surface area contributed by atoms with E-state index in [9.17, 15) is 4.79 Å². The molecule has 5 rings (SSSR count). The number of benzene rings is 2. The number of primary amides is 1. The van der Waals surface area contributed by atoms with E-state index in [1.807, 2.05) is 18.2 Å². The molecule has 9 nitrogen and oxygen atoms in total. The maximum absolute atomic E-state index is 11.4. The molecule has 5 aromatic rings. The zero-order chi connectivity index (χ0) is 22.9. The Morgan fingerprint density at radius 1 is 1.09 bits per heavy atom. The molecule has 0 atom stereocenters. The van der Waals surface area contributed by atoms with Gasteiger partial charge < -0.3 is 15.2 Å². The molecule has 0 saturated heterocycles. The van der Waals surface area contributed by atoms with Crippen LogP contribution in [-0.2, 0) is 6.61 Å². The van der Waals surface area contributed by atoms with Crippen molar-refractivity contribution in [1.29, 1.82) is 0 Å². The van der Waals surface area contributed by atoms with Crippen molar-refractivity contribution in [2.45, 2.75) is 6.61 Å². The van der Waals surface area contributed by atoms with Gasteiger partial charge in [-0.3, -0.25) is 9.78 Å². The number of carbonyl (C=O) groups excluding carboxylic acids is 1. The van der Waals surface area contributed by atoms with Crippen LogP contribution in [0, 0.1) is 0 Å². The third kappa shape index (κ3) is 3.90. The van der Waals surface area contributed by atoms with Crippen LogP contribution in [0.3, 0.4) is 0 Å². The molecule has 0 aliphatic rings. The fourth-order valence-corrected chi connectivity index (χ4v) is 3.72. The predicted molar refractivity (Wildman–Crippen MR) is 122 cm³/mol. The quantitative estimate of drug-likeness (QED) is 0.410. The van der Waals surface area contributed by atoms with Crippen LogP contribution in [0.25, 0.3) is 27.8 Å². The van der Waals surface area contributed by atoms with Gasteiger partial charge in [-0.25, -0.2) is 0 Å². The van der Waals surface area contributed by atoms with Crippen LogP contribution in [0.1, 0.15) is 16.2 Å². The second-order valence-corrected chi connectivity index (χ2v) is 7.55. The van der Waals surface area contributed by atoms with E-state index >= 15 is 0 Å². The summed E-state index contributed by atoms with van der Waals surface area (Å²) in [7, 11) is 1.61. The van der Waals surface area contributed by atoms with Gasteiger partial charge in [-0.1, -0.05) is 17.7 Å². The van der Waals surface area contributed by atoms with Crippen molar-refractivity contribution in [1.82, 2.24) is 24.8 Å². The molecule has 3 aromatic heterocycles. The smallest absolute Gasteiger partial charge is 0.250 e. The summed E-state index contributed by atoms with van der Waals surface area (Å²) in [6.07, 6.45) is 1.68. The maximum atomic E-state index is 11.4. The van der Waals surface area contributed by atoms with Crippen LogP contribution in [-0.4, -0.2) is 37.8 Å². The van der Waals surface area contributed by atoms with Crippen LogP contribution < -0.4 is 15.2 Å². The average molecular weight is 461 g/mol. The minimum atomic E-state index is -0.588. The van der Waals surface area contributed by atoms with Gasteiger partial charge >= 0.3 is 0 Å². The molecular formula is C23H17ClN6O3. The van der Waals surface area contributed by atoms with Crippen LogP contribution in [0.15, 0.2) is 60.8 Å². The summed E-state index contributed by atoms with van der Waals surface area (Å²) < 4.78 is 12.9. The van der Waals surface area contributed by atoms with Gasteiger partial charge in [-0.05, 0) is 42.5 Å². The Kier molecular flexibility index (Phi) is 5.23. The molecule has 0 spiro atoms. The number of halogens is 1. The van der Waals surface area contributed by atoms with Crippen LogP contribution >= 0.6 is 11.6 Å². The van der Waals surface area contributed by atoms with Crippen molar-refractivity contribution in [2.24, 2.45) is 5.73 Å². The van der Waals surface area contributed by atoms with Gasteiger partial charge in [0.1, 0.15) is 18.1 Å². The third-order valence-corrected chi connectivity index (χ3v) is 5.44. The molecule has 0 aliphatic carbocycles. The molecule has 0 saturated carbocycles. The lowest BCUT2D eigenvalue weighted by Gasteiger charge is -2.09. The summed E-state index contributed by atoms with van der Waals surface area (Å²) in [5, 5.41) is 14.1. The number of nitrogens with zero attached hydrogens (tertiary/aromatic N) is 5. The van der Waals surface area contributed by atoms with E-state index in [1.54, 1.807) is 54.2 Å². The largest absolute Gasteiger partial charge is 0.497 e. The fraction of sp³-hybridized carbons (Fsp3) is 0.0870. The molecule has 2 aromatic carbocycles. The molecule has 3 heterocycles. The van der Waals surface area contributed by atoms with Crippen LogP contribution in [0.5, 0.6) is 11.5 Å². The normalized spacial score (nSPS) is 11.1. The SMILES string of the molecule is COc1ccc2c(OCc3nnc4ccc(-c5ccc(C(N)=O)c(Cl)c5)nn34)ccnc2c1. The highest BCUT2D eigenvalue weighted by Crippen LogP contribution is 2.28. The Morgan fingerprint density at radius 2 is 1.97 bits per heavy atom. The van der Waals surface area contributed by atoms with Gasteiger partial charge in [0.05, 0.1) is 28.9 Å². The molecule has 0 radical (unpaired) electrons. The highest BCUT2D eigenvalue weighted by molar-refractivity contribution is 6.34. The number of carbonyl (C=O) groups is 1. The predicted octanol–water partition coefficient (Wildman–Crippen LogP) is 3.68. The highest BCUT2D eigenvalue weighted by Gasteiger charge is 2.13. The van der Waals surface area contributed by atoms with Crippen molar-refractivity contribution in [2.75, 3.05) is 7.11 Å². The van der Waals surface area contributed by atoms with Gasteiger partial charge in [0.2, 0.25) is 5.91 Å². The molecule has 0 aliphatic heterocycles. The molecular weight excluding hydrogens is 444 g/mol. The first-order valence-electron chi connectivity index (χ1n) is 9.90. The monoisotopic (exact) mass is 460 g/mol.